The fraction of sp³-hybridized carbons (Fsp3) is 0.444. The van der Waals surface area contributed by atoms with E-state index >= 15 is 0 Å². The summed E-state index contributed by atoms with van der Waals surface area (Å²) in [5.74, 6) is 0.910. The number of nitrogens with one attached hydrogen (secondary N) is 1. The number of benzene rings is 1. The quantitative estimate of drug-likeness (QED) is 0.635. The lowest BCUT2D eigenvalue weighted by molar-refractivity contribution is -0.118. The number of amides is 1. The molecule has 6 nitrogen and oxygen atoms in total. The number of thioether (sulfide) groups is 1. The molecule has 1 amide bonds. The van der Waals surface area contributed by atoms with Gasteiger partial charge in [-0.3, -0.25) is 4.79 Å². The molecule has 2 rings (SSSR count). The number of rotatable bonds is 6. The highest BCUT2D eigenvalue weighted by Crippen LogP contribution is 2.26. The molecule has 1 aromatic heterocycles. The molecular weight excluding hydrogens is 334 g/mol. The van der Waals surface area contributed by atoms with Crippen molar-refractivity contribution in [3.05, 3.63) is 29.8 Å². The van der Waals surface area contributed by atoms with Gasteiger partial charge in [0.2, 0.25) is 5.91 Å². The highest BCUT2D eigenvalue weighted by molar-refractivity contribution is 7.99. The summed E-state index contributed by atoms with van der Waals surface area (Å²) < 4.78 is 1.89. The zero-order chi connectivity index (χ0) is 18.4. The van der Waals surface area contributed by atoms with Gasteiger partial charge in [0.25, 0.3) is 0 Å². The van der Waals surface area contributed by atoms with Gasteiger partial charge in [-0.2, -0.15) is 5.26 Å². The SMILES string of the molecule is Cn1c(SCC(=O)NCCC#N)nnc1-c1ccc(C(C)(C)C)cc1. The molecule has 0 aliphatic heterocycles. The van der Waals surface area contributed by atoms with Crippen LogP contribution in [-0.4, -0.2) is 33.0 Å². The molecule has 0 aliphatic rings. The van der Waals surface area contributed by atoms with Crippen molar-refractivity contribution in [2.45, 2.75) is 37.8 Å². The number of nitrogens with zero attached hydrogens (tertiary/aromatic N) is 4. The van der Waals surface area contributed by atoms with Gasteiger partial charge in [0.15, 0.2) is 11.0 Å². The average Bonchev–Trinajstić information content (AvgIpc) is 2.93. The van der Waals surface area contributed by atoms with Gasteiger partial charge in [0.1, 0.15) is 0 Å². The zero-order valence-corrected chi connectivity index (χ0v) is 15.9. The van der Waals surface area contributed by atoms with Crippen LogP contribution in [0.1, 0.15) is 32.8 Å². The van der Waals surface area contributed by atoms with E-state index in [0.29, 0.717) is 18.1 Å². The summed E-state index contributed by atoms with van der Waals surface area (Å²) in [7, 11) is 1.89. The van der Waals surface area contributed by atoms with Gasteiger partial charge >= 0.3 is 0 Å². The normalized spacial score (nSPS) is 11.2. The Kier molecular flexibility index (Phi) is 6.21. The fourth-order valence-corrected chi connectivity index (χ4v) is 2.99. The molecule has 132 valence electrons. The molecular formula is C18H23N5OS. The monoisotopic (exact) mass is 357 g/mol. The van der Waals surface area contributed by atoms with Gasteiger partial charge in [-0.1, -0.05) is 56.8 Å². The number of carbonyl (C=O) groups excluding carboxylic acids is 1. The molecule has 0 saturated heterocycles. The van der Waals surface area contributed by atoms with Crippen molar-refractivity contribution < 1.29 is 4.79 Å². The summed E-state index contributed by atoms with van der Waals surface area (Å²) in [5, 5.41) is 20.3. The maximum Gasteiger partial charge on any atom is 0.230 e. The lowest BCUT2D eigenvalue weighted by Crippen LogP contribution is -2.26. The van der Waals surface area contributed by atoms with Crippen LogP contribution in [0.2, 0.25) is 0 Å². The highest BCUT2D eigenvalue weighted by Gasteiger charge is 2.16. The second-order valence-electron chi connectivity index (χ2n) is 6.74. The molecule has 1 N–H and O–H groups in total. The third-order valence-electron chi connectivity index (χ3n) is 3.74. The van der Waals surface area contributed by atoms with E-state index in [1.54, 1.807) is 0 Å². The molecule has 1 heterocycles. The molecule has 0 aliphatic carbocycles. The molecule has 0 bridgehead atoms. The van der Waals surface area contributed by atoms with E-state index in [2.05, 4.69) is 48.4 Å². The molecule has 0 radical (unpaired) electrons. The zero-order valence-electron chi connectivity index (χ0n) is 15.0. The molecule has 7 heteroatoms. The van der Waals surface area contributed by atoms with Crippen LogP contribution in [0.15, 0.2) is 29.4 Å². The summed E-state index contributed by atoms with van der Waals surface area (Å²) in [4.78, 5) is 11.7. The first kappa shape index (κ1) is 19.0. The molecule has 0 unspecified atom stereocenters. The van der Waals surface area contributed by atoms with Crippen molar-refractivity contribution in [1.29, 1.82) is 5.26 Å². The topological polar surface area (TPSA) is 83.6 Å². The molecule has 0 fully saturated rings. The first-order valence-corrected chi connectivity index (χ1v) is 9.08. The Morgan fingerprint density at radius 1 is 1.28 bits per heavy atom. The minimum Gasteiger partial charge on any atom is -0.354 e. The largest absolute Gasteiger partial charge is 0.354 e. The van der Waals surface area contributed by atoms with E-state index in [-0.39, 0.29) is 17.1 Å². The smallest absolute Gasteiger partial charge is 0.230 e. The number of carbonyl (C=O) groups is 1. The van der Waals surface area contributed by atoms with Crippen molar-refractivity contribution in [3.63, 3.8) is 0 Å². The first-order chi connectivity index (χ1) is 11.8. The van der Waals surface area contributed by atoms with Crippen LogP contribution in [0.25, 0.3) is 11.4 Å². The van der Waals surface area contributed by atoms with Crippen molar-refractivity contribution in [1.82, 2.24) is 20.1 Å². The standard InChI is InChI=1S/C18H23N5OS/c1-18(2,3)14-8-6-13(7-9-14)16-21-22-17(23(16)4)25-12-15(24)20-11-5-10-19/h6-9H,5,11-12H2,1-4H3,(H,20,24). The summed E-state index contributed by atoms with van der Waals surface area (Å²) >= 11 is 1.33. The van der Waals surface area contributed by atoms with Crippen LogP contribution < -0.4 is 5.32 Å². The van der Waals surface area contributed by atoms with Crippen molar-refractivity contribution in [2.75, 3.05) is 12.3 Å². The molecule has 0 spiro atoms. The number of hydrogen-bond acceptors (Lipinski definition) is 5. The number of nitriles is 1. The van der Waals surface area contributed by atoms with Gasteiger partial charge in [-0.15, -0.1) is 10.2 Å². The second-order valence-corrected chi connectivity index (χ2v) is 7.68. The van der Waals surface area contributed by atoms with E-state index in [1.165, 1.54) is 17.3 Å². The van der Waals surface area contributed by atoms with E-state index in [4.69, 9.17) is 5.26 Å². The molecule has 0 atom stereocenters. The van der Waals surface area contributed by atoms with Crippen molar-refractivity contribution in [2.24, 2.45) is 7.05 Å². The van der Waals surface area contributed by atoms with Gasteiger partial charge in [0.05, 0.1) is 18.2 Å². The maximum atomic E-state index is 11.7. The number of hydrogen-bond donors (Lipinski definition) is 1. The van der Waals surface area contributed by atoms with Crippen molar-refractivity contribution in [3.8, 4) is 17.5 Å². The van der Waals surface area contributed by atoms with E-state index in [9.17, 15) is 4.79 Å². The van der Waals surface area contributed by atoms with E-state index in [1.807, 2.05) is 29.8 Å². The lowest BCUT2D eigenvalue weighted by Gasteiger charge is -2.19. The third-order valence-corrected chi connectivity index (χ3v) is 4.76. The predicted molar refractivity (Wildman–Crippen MR) is 99.1 cm³/mol. The molecule has 25 heavy (non-hydrogen) atoms. The van der Waals surface area contributed by atoms with Crippen molar-refractivity contribution >= 4 is 17.7 Å². The Balaban J connectivity index is 2.03. The minimum atomic E-state index is -0.112. The molecule has 2 aromatic rings. The average molecular weight is 357 g/mol. The van der Waals surface area contributed by atoms with Crippen LogP contribution in [0.4, 0.5) is 0 Å². The first-order valence-electron chi connectivity index (χ1n) is 8.09. The summed E-state index contributed by atoms with van der Waals surface area (Å²) in [6.07, 6.45) is 0.315. The van der Waals surface area contributed by atoms with Crippen LogP contribution in [0.3, 0.4) is 0 Å². The molecule has 1 aromatic carbocycles. The van der Waals surface area contributed by atoms with Gasteiger partial charge < -0.3 is 9.88 Å². The molecule has 0 saturated carbocycles. The summed E-state index contributed by atoms with van der Waals surface area (Å²) in [6, 6.07) is 10.3. The third kappa shape index (κ3) is 5.07. The Hall–Kier alpha value is -2.33. The van der Waals surface area contributed by atoms with Crippen LogP contribution in [0, 0.1) is 11.3 Å². The Bertz CT molecular complexity index is 768. The minimum absolute atomic E-state index is 0.109. The fourth-order valence-electron chi connectivity index (χ4n) is 2.25. The summed E-state index contributed by atoms with van der Waals surface area (Å²) in [6.45, 7) is 6.92. The van der Waals surface area contributed by atoms with Crippen LogP contribution in [0.5, 0.6) is 0 Å². The van der Waals surface area contributed by atoms with Crippen LogP contribution >= 0.6 is 11.8 Å². The van der Waals surface area contributed by atoms with Gasteiger partial charge in [-0.25, -0.2) is 0 Å². The lowest BCUT2D eigenvalue weighted by atomic mass is 9.87. The highest BCUT2D eigenvalue weighted by atomic mass is 32.2. The van der Waals surface area contributed by atoms with Gasteiger partial charge in [0, 0.05) is 19.2 Å². The Morgan fingerprint density at radius 3 is 2.56 bits per heavy atom. The maximum absolute atomic E-state index is 11.7. The Morgan fingerprint density at radius 2 is 1.96 bits per heavy atom. The number of aromatic nitrogens is 3. The Labute approximate surface area is 152 Å². The predicted octanol–water partition coefficient (Wildman–Crippen LogP) is 2.90. The van der Waals surface area contributed by atoms with Gasteiger partial charge in [-0.05, 0) is 11.0 Å². The van der Waals surface area contributed by atoms with E-state index in [0.717, 1.165) is 11.4 Å². The second kappa shape index (κ2) is 8.17. The van der Waals surface area contributed by atoms with E-state index < -0.39 is 0 Å². The van der Waals surface area contributed by atoms with Crippen LogP contribution in [-0.2, 0) is 17.3 Å². The summed E-state index contributed by atoms with van der Waals surface area (Å²) in [5.41, 5.74) is 2.37.